The van der Waals surface area contributed by atoms with Crippen molar-refractivity contribution >= 4 is 5.69 Å². The summed E-state index contributed by atoms with van der Waals surface area (Å²) in [7, 11) is 0. The first-order valence-corrected chi connectivity index (χ1v) is 6.25. The Hall–Kier alpha value is -3.23. The van der Waals surface area contributed by atoms with E-state index in [1.54, 1.807) is 13.0 Å². The van der Waals surface area contributed by atoms with Crippen LogP contribution in [0.4, 0.5) is 5.69 Å². The van der Waals surface area contributed by atoms with Crippen LogP contribution in [-0.2, 0) is 6.61 Å². The lowest BCUT2D eigenvalue weighted by Crippen LogP contribution is -1.97. The molecule has 0 fully saturated rings. The fourth-order valence-corrected chi connectivity index (χ4v) is 1.70. The van der Waals surface area contributed by atoms with Crippen LogP contribution in [0.15, 0.2) is 39.4 Å². The normalized spacial score (nSPS) is 10.6. The minimum atomic E-state index is -0.477. The second-order valence-electron chi connectivity index (χ2n) is 4.38. The molecule has 0 saturated carbocycles. The number of non-ortho nitro benzene ring substituents is 1. The number of hydrogen-bond donors (Lipinski definition) is 0. The summed E-state index contributed by atoms with van der Waals surface area (Å²) in [5.41, 5.74) is 0.446. The maximum atomic E-state index is 10.5. The predicted octanol–water partition coefficient (Wildman–Crippen LogP) is 2.52. The molecule has 0 radical (unpaired) electrons. The van der Waals surface area contributed by atoms with Gasteiger partial charge in [-0.15, -0.1) is 0 Å². The summed E-state index contributed by atoms with van der Waals surface area (Å²) in [4.78, 5) is 14.2. The molecule has 0 atom stereocenters. The highest BCUT2D eigenvalue weighted by Gasteiger charge is 2.13. The first-order chi connectivity index (χ1) is 10.6. The van der Waals surface area contributed by atoms with E-state index in [0.29, 0.717) is 23.0 Å². The van der Waals surface area contributed by atoms with E-state index in [1.807, 2.05) is 0 Å². The number of ether oxygens (including phenoxy) is 1. The number of aryl methyl sites for hydroxylation is 1. The fourth-order valence-electron chi connectivity index (χ4n) is 1.70. The van der Waals surface area contributed by atoms with Crippen molar-refractivity contribution in [1.29, 1.82) is 0 Å². The molecular formula is C13H10N4O5. The zero-order valence-corrected chi connectivity index (χ0v) is 11.4. The van der Waals surface area contributed by atoms with Crippen LogP contribution in [0, 0.1) is 17.0 Å². The third kappa shape index (κ3) is 2.92. The smallest absolute Gasteiger partial charge is 0.280 e. The zero-order chi connectivity index (χ0) is 15.5. The molecule has 3 aromatic rings. The average Bonchev–Trinajstić information content (AvgIpc) is 3.14. The molecule has 0 bridgehead atoms. The van der Waals surface area contributed by atoms with Crippen molar-refractivity contribution < 1.29 is 18.7 Å². The third-order valence-corrected chi connectivity index (χ3v) is 2.73. The Kier molecular flexibility index (Phi) is 3.52. The fraction of sp³-hybridized carbons (Fsp3) is 0.154. The maximum absolute atomic E-state index is 10.5. The molecule has 1 aromatic carbocycles. The molecule has 0 unspecified atom stereocenters. The molecule has 3 rings (SSSR count). The number of hydrogen-bond acceptors (Lipinski definition) is 8. The van der Waals surface area contributed by atoms with Gasteiger partial charge >= 0.3 is 0 Å². The number of aromatic nitrogens is 3. The van der Waals surface area contributed by atoms with Gasteiger partial charge in [-0.3, -0.25) is 10.1 Å². The molecule has 0 aliphatic rings. The summed E-state index contributed by atoms with van der Waals surface area (Å²) in [5.74, 6) is 1.67. The van der Waals surface area contributed by atoms with Gasteiger partial charge in [0.2, 0.25) is 5.82 Å². The summed E-state index contributed by atoms with van der Waals surface area (Å²) < 4.78 is 15.4. The molecule has 0 spiro atoms. The molecule has 0 aliphatic heterocycles. The predicted molar refractivity (Wildman–Crippen MR) is 72.0 cm³/mol. The lowest BCUT2D eigenvalue weighted by Gasteiger charge is -2.01. The Morgan fingerprint density at radius 2 is 2.00 bits per heavy atom. The molecule has 0 aliphatic carbocycles. The monoisotopic (exact) mass is 302 g/mol. The number of nitro groups is 1. The van der Waals surface area contributed by atoms with E-state index in [-0.39, 0.29) is 18.2 Å². The van der Waals surface area contributed by atoms with Crippen molar-refractivity contribution in [2.45, 2.75) is 13.5 Å². The number of nitrogens with zero attached hydrogens (tertiary/aromatic N) is 4. The minimum Gasteiger partial charge on any atom is -0.485 e. The SMILES string of the molecule is Cc1cc(-c2nc(COc3ccc([N+](=O)[O-])cc3)no2)no1. The maximum Gasteiger partial charge on any atom is 0.280 e. The van der Waals surface area contributed by atoms with E-state index in [0.717, 1.165) is 0 Å². The van der Waals surface area contributed by atoms with Crippen molar-refractivity contribution in [3.8, 4) is 17.3 Å². The van der Waals surface area contributed by atoms with Crippen LogP contribution in [0.1, 0.15) is 11.6 Å². The average molecular weight is 302 g/mol. The van der Waals surface area contributed by atoms with Gasteiger partial charge < -0.3 is 13.8 Å². The Morgan fingerprint density at radius 1 is 1.23 bits per heavy atom. The van der Waals surface area contributed by atoms with Crippen LogP contribution in [-0.4, -0.2) is 20.2 Å². The highest BCUT2D eigenvalue weighted by molar-refractivity contribution is 5.45. The molecule has 0 amide bonds. The Balaban J connectivity index is 1.64. The topological polar surface area (TPSA) is 117 Å². The lowest BCUT2D eigenvalue weighted by molar-refractivity contribution is -0.384. The zero-order valence-electron chi connectivity index (χ0n) is 11.4. The third-order valence-electron chi connectivity index (χ3n) is 2.73. The van der Waals surface area contributed by atoms with Crippen molar-refractivity contribution in [2.75, 3.05) is 0 Å². The van der Waals surface area contributed by atoms with Gasteiger partial charge in [-0.1, -0.05) is 10.3 Å². The van der Waals surface area contributed by atoms with E-state index in [9.17, 15) is 10.1 Å². The first-order valence-electron chi connectivity index (χ1n) is 6.25. The molecule has 2 heterocycles. The van der Waals surface area contributed by atoms with Gasteiger partial charge in [0.05, 0.1) is 4.92 Å². The van der Waals surface area contributed by atoms with Gasteiger partial charge in [-0.25, -0.2) is 0 Å². The van der Waals surface area contributed by atoms with Gasteiger partial charge in [-0.05, 0) is 19.1 Å². The van der Waals surface area contributed by atoms with E-state index < -0.39 is 4.92 Å². The second-order valence-corrected chi connectivity index (χ2v) is 4.38. The molecule has 0 N–H and O–H groups in total. The van der Waals surface area contributed by atoms with E-state index in [2.05, 4.69) is 15.3 Å². The summed E-state index contributed by atoms with van der Waals surface area (Å²) in [6.07, 6.45) is 0. The molecule has 0 saturated heterocycles. The summed E-state index contributed by atoms with van der Waals surface area (Å²) >= 11 is 0. The van der Waals surface area contributed by atoms with Gasteiger partial charge in [0.15, 0.2) is 12.3 Å². The molecule has 9 nitrogen and oxygen atoms in total. The van der Waals surface area contributed by atoms with Gasteiger partial charge in [0, 0.05) is 18.2 Å². The van der Waals surface area contributed by atoms with Crippen LogP contribution in [0.25, 0.3) is 11.6 Å². The van der Waals surface area contributed by atoms with Crippen LogP contribution in [0.5, 0.6) is 5.75 Å². The molecule has 9 heteroatoms. The molecule has 22 heavy (non-hydrogen) atoms. The van der Waals surface area contributed by atoms with Gasteiger partial charge in [0.25, 0.3) is 11.6 Å². The highest BCUT2D eigenvalue weighted by atomic mass is 16.6. The quantitative estimate of drug-likeness (QED) is 0.521. The molecule has 2 aromatic heterocycles. The van der Waals surface area contributed by atoms with Crippen LogP contribution < -0.4 is 4.74 Å². The van der Waals surface area contributed by atoms with Gasteiger partial charge in [-0.2, -0.15) is 4.98 Å². The van der Waals surface area contributed by atoms with Gasteiger partial charge in [0.1, 0.15) is 11.5 Å². The van der Waals surface area contributed by atoms with E-state index in [4.69, 9.17) is 13.8 Å². The lowest BCUT2D eigenvalue weighted by atomic mass is 10.3. The minimum absolute atomic E-state index is 0.00407. The van der Waals surface area contributed by atoms with Crippen LogP contribution in [0.2, 0.25) is 0 Å². The molecule has 112 valence electrons. The second kappa shape index (κ2) is 5.64. The summed E-state index contributed by atoms with van der Waals surface area (Å²) in [6.45, 7) is 1.82. The Labute approximate surface area is 123 Å². The Morgan fingerprint density at radius 3 is 2.64 bits per heavy atom. The number of benzene rings is 1. The summed E-state index contributed by atoms with van der Waals surface area (Å²) in [6, 6.07) is 7.39. The van der Waals surface area contributed by atoms with Crippen molar-refractivity contribution in [2.24, 2.45) is 0 Å². The Bertz CT molecular complexity index is 793. The van der Waals surface area contributed by atoms with Crippen molar-refractivity contribution in [3.63, 3.8) is 0 Å². The first kappa shape index (κ1) is 13.7. The summed E-state index contributed by atoms with van der Waals surface area (Å²) in [5, 5.41) is 18.1. The van der Waals surface area contributed by atoms with Crippen LogP contribution >= 0.6 is 0 Å². The number of nitro benzene ring substituents is 1. The standard InChI is InChI=1S/C13H10N4O5/c1-8-6-11(15-21-8)13-14-12(16-22-13)7-20-10-4-2-9(3-5-10)17(18)19/h2-6H,7H2,1H3. The van der Waals surface area contributed by atoms with E-state index >= 15 is 0 Å². The highest BCUT2D eigenvalue weighted by Crippen LogP contribution is 2.19. The van der Waals surface area contributed by atoms with Crippen LogP contribution in [0.3, 0.4) is 0 Å². The molecular weight excluding hydrogens is 292 g/mol. The largest absolute Gasteiger partial charge is 0.485 e. The van der Waals surface area contributed by atoms with E-state index in [1.165, 1.54) is 24.3 Å². The number of rotatable bonds is 5. The van der Waals surface area contributed by atoms with Crippen molar-refractivity contribution in [1.82, 2.24) is 15.3 Å². The van der Waals surface area contributed by atoms with Crippen molar-refractivity contribution in [3.05, 3.63) is 52.0 Å².